The van der Waals surface area contributed by atoms with E-state index in [-0.39, 0.29) is 18.2 Å². The van der Waals surface area contributed by atoms with E-state index in [1.165, 1.54) is 16.8 Å². The normalized spacial score (nSPS) is 18.1. The van der Waals surface area contributed by atoms with Gasteiger partial charge in [-0.3, -0.25) is 14.2 Å². The second kappa shape index (κ2) is 8.02. The Morgan fingerprint density at radius 1 is 1.09 bits per heavy atom. The van der Waals surface area contributed by atoms with E-state index in [9.17, 15) is 9.59 Å². The highest BCUT2D eigenvalue weighted by Crippen LogP contribution is 2.33. The number of anilines is 2. The Morgan fingerprint density at radius 3 is 2.62 bits per heavy atom. The summed E-state index contributed by atoms with van der Waals surface area (Å²) in [4.78, 5) is 34.5. The predicted molar refractivity (Wildman–Crippen MR) is 128 cm³/mol. The summed E-state index contributed by atoms with van der Waals surface area (Å²) in [5.74, 6) is 0.383. The Kier molecular flexibility index (Phi) is 5.17. The molecule has 0 saturated carbocycles. The summed E-state index contributed by atoms with van der Waals surface area (Å²) < 4.78 is 2.01. The molecule has 32 heavy (non-hydrogen) atoms. The maximum absolute atomic E-state index is 13.1. The lowest BCUT2D eigenvalue weighted by atomic mass is 10.1. The molecular weight excluding hydrogens is 422 g/mol. The average molecular weight is 448 g/mol. The van der Waals surface area contributed by atoms with Gasteiger partial charge in [0.25, 0.3) is 0 Å². The molecule has 0 aliphatic carbocycles. The molecular formula is C24H25N5O2S. The van der Waals surface area contributed by atoms with Crippen LogP contribution in [0, 0.1) is 18.6 Å². The lowest BCUT2D eigenvalue weighted by molar-refractivity contribution is -0.134. The van der Waals surface area contributed by atoms with Crippen LogP contribution < -0.4 is 10.2 Å². The fourth-order valence-electron chi connectivity index (χ4n) is 4.64. The molecule has 8 heteroatoms. The van der Waals surface area contributed by atoms with Crippen LogP contribution >= 0.6 is 12.2 Å². The van der Waals surface area contributed by atoms with Crippen LogP contribution in [0.2, 0.25) is 0 Å². The summed E-state index contributed by atoms with van der Waals surface area (Å²) >= 11 is 5.47. The maximum atomic E-state index is 13.1. The van der Waals surface area contributed by atoms with Crippen LogP contribution in [0.25, 0.3) is 10.9 Å². The number of aryl methyl sites for hydroxylation is 1. The molecule has 2 aliphatic heterocycles. The third-order valence-corrected chi connectivity index (χ3v) is 6.88. The first kappa shape index (κ1) is 20.6. The first-order valence-corrected chi connectivity index (χ1v) is 11.3. The van der Waals surface area contributed by atoms with Crippen LogP contribution in [-0.4, -0.2) is 52.4 Å². The summed E-state index contributed by atoms with van der Waals surface area (Å²) in [6.45, 7) is 7.07. The van der Waals surface area contributed by atoms with Crippen molar-refractivity contribution in [1.82, 2.24) is 14.5 Å². The predicted octanol–water partition coefficient (Wildman–Crippen LogP) is 3.61. The third kappa shape index (κ3) is 3.44. The molecule has 1 unspecified atom stereocenters. The van der Waals surface area contributed by atoms with Crippen LogP contribution in [0.15, 0.2) is 42.5 Å². The van der Waals surface area contributed by atoms with Crippen LogP contribution in [0.4, 0.5) is 11.5 Å². The van der Waals surface area contributed by atoms with E-state index in [4.69, 9.17) is 12.2 Å². The van der Waals surface area contributed by atoms with Gasteiger partial charge in [-0.2, -0.15) is 0 Å². The number of para-hydroxylation sites is 1. The van der Waals surface area contributed by atoms with Gasteiger partial charge >= 0.3 is 0 Å². The molecule has 2 aliphatic rings. The van der Waals surface area contributed by atoms with Crippen molar-refractivity contribution >= 4 is 46.4 Å². The van der Waals surface area contributed by atoms with E-state index in [0.29, 0.717) is 23.7 Å². The van der Waals surface area contributed by atoms with Gasteiger partial charge in [0.1, 0.15) is 11.9 Å². The lowest BCUT2D eigenvalue weighted by Gasteiger charge is -2.37. The average Bonchev–Trinajstić information content (AvgIpc) is 3.12. The Hall–Kier alpha value is -3.26. The van der Waals surface area contributed by atoms with Crippen LogP contribution in [0.5, 0.6) is 0 Å². The van der Waals surface area contributed by atoms with Crippen molar-refractivity contribution in [3.05, 3.63) is 58.4 Å². The van der Waals surface area contributed by atoms with Crippen molar-refractivity contribution in [2.45, 2.75) is 26.3 Å². The largest absolute Gasteiger partial charge is 0.368 e. The Balaban J connectivity index is 1.32. The number of benzene rings is 2. The topological polar surface area (TPSA) is 70.5 Å². The molecule has 1 saturated heterocycles. The highest BCUT2D eigenvalue weighted by Gasteiger charge is 2.35. The second-order valence-electron chi connectivity index (χ2n) is 8.43. The van der Waals surface area contributed by atoms with Crippen LogP contribution in [0.1, 0.15) is 23.6 Å². The zero-order valence-corrected chi connectivity index (χ0v) is 19.0. The number of piperazine rings is 1. The van der Waals surface area contributed by atoms with Gasteiger partial charge in [0.05, 0.1) is 11.9 Å². The molecule has 164 valence electrons. The number of fused-ring (bicyclic) bond motifs is 3. The number of aromatic nitrogens is 2. The summed E-state index contributed by atoms with van der Waals surface area (Å²) in [6, 6.07) is 13.2. The molecule has 1 N–H and O–H groups in total. The van der Waals surface area contributed by atoms with E-state index in [1.807, 2.05) is 29.2 Å². The highest BCUT2D eigenvalue weighted by molar-refractivity contribution is 7.71. The Morgan fingerprint density at radius 2 is 1.84 bits per heavy atom. The monoisotopic (exact) mass is 447 g/mol. The van der Waals surface area contributed by atoms with Gasteiger partial charge in [0.2, 0.25) is 16.6 Å². The smallest absolute Gasteiger partial charge is 0.249 e. The number of rotatable bonds is 3. The van der Waals surface area contributed by atoms with E-state index in [2.05, 4.69) is 47.2 Å². The van der Waals surface area contributed by atoms with E-state index < -0.39 is 6.04 Å². The van der Waals surface area contributed by atoms with Gasteiger partial charge in [-0.15, -0.1) is 0 Å². The van der Waals surface area contributed by atoms with Crippen LogP contribution in [0.3, 0.4) is 0 Å². The lowest BCUT2D eigenvalue weighted by Crippen LogP contribution is -2.49. The van der Waals surface area contributed by atoms with Gasteiger partial charge in [-0.05, 0) is 55.4 Å². The van der Waals surface area contributed by atoms with Crippen molar-refractivity contribution in [3.63, 3.8) is 0 Å². The minimum atomic E-state index is -0.667. The zero-order chi connectivity index (χ0) is 22.4. The molecule has 0 radical (unpaired) electrons. The van der Waals surface area contributed by atoms with Gasteiger partial charge in [-0.25, -0.2) is 4.98 Å². The first-order chi connectivity index (χ1) is 15.4. The number of carbonyl (C=O) groups is 2. The minimum Gasteiger partial charge on any atom is -0.368 e. The number of carbonyl (C=O) groups excluding carboxylic acids is 2. The van der Waals surface area contributed by atoms with E-state index in [1.54, 1.807) is 4.57 Å². The molecule has 1 fully saturated rings. The molecule has 3 heterocycles. The summed E-state index contributed by atoms with van der Waals surface area (Å²) in [5, 5.41) is 3.74. The summed E-state index contributed by atoms with van der Waals surface area (Å²) in [6.07, 6.45) is 0.0800. The first-order valence-electron chi connectivity index (χ1n) is 10.8. The fourth-order valence-corrected chi connectivity index (χ4v) is 4.96. The number of amides is 2. The zero-order valence-electron chi connectivity index (χ0n) is 18.2. The third-order valence-electron chi connectivity index (χ3n) is 6.60. The highest BCUT2D eigenvalue weighted by atomic mass is 32.1. The van der Waals surface area contributed by atoms with Gasteiger partial charge < -0.3 is 15.1 Å². The Bertz CT molecular complexity index is 1290. The minimum absolute atomic E-state index is 0.0336. The quantitative estimate of drug-likeness (QED) is 0.621. The summed E-state index contributed by atoms with van der Waals surface area (Å²) in [5.41, 5.74) is 4.51. The van der Waals surface area contributed by atoms with E-state index in [0.717, 1.165) is 24.0 Å². The summed E-state index contributed by atoms with van der Waals surface area (Å²) in [7, 11) is 0. The van der Waals surface area contributed by atoms with Crippen molar-refractivity contribution in [2.75, 3.05) is 36.4 Å². The van der Waals surface area contributed by atoms with Crippen molar-refractivity contribution in [1.29, 1.82) is 0 Å². The van der Waals surface area contributed by atoms with Crippen molar-refractivity contribution in [3.8, 4) is 0 Å². The molecule has 1 atom stereocenters. The molecule has 0 spiro atoms. The Labute approximate surface area is 191 Å². The molecule has 2 amide bonds. The van der Waals surface area contributed by atoms with Gasteiger partial charge in [0, 0.05) is 37.3 Å². The van der Waals surface area contributed by atoms with Crippen molar-refractivity contribution < 1.29 is 9.59 Å². The van der Waals surface area contributed by atoms with Gasteiger partial charge in [0.15, 0.2) is 0 Å². The maximum Gasteiger partial charge on any atom is 0.249 e. The second-order valence-corrected chi connectivity index (χ2v) is 8.79. The number of nitrogens with zero attached hydrogens (tertiary/aromatic N) is 4. The van der Waals surface area contributed by atoms with Gasteiger partial charge in [-0.1, -0.05) is 24.3 Å². The van der Waals surface area contributed by atoms with Crippen LogP contribution in [-0.2, 0) is 9.59 Å². The van der Waals surface area contributed by atoms with E-state index >= 15 is 0 Å². The number of nitrogens with one attached hydrogen (secondary N) is 1. The molecule has 5 rings (SSSR count). The number of hydrogen-bond donors (Lipinski definition) is 1. The SMILES string of the molecule is Cc1cccc(N2CCN(C(=O)CC3C(=O)Nc4c5ccccc5nc(=S)n43)CC2)c1C. The molecule has 1 aromatic heterocycles. The molecule has 2 aromatic carbocycles. The molecule has 0 bridgehead atoms. The van der Waals surface area contributed by atoms with Crippen molar-refractivity contribution in [2.24, 2.45) is 0 Å². The number of hydrogen-bond acceptors (Lipinski definition) is 5. The standard InChI is InChI=1S/C24H25N5O2S/c1-15-6-5-9-19(16(15)2)27-10-12-28(13-11-27)21(30)14-20-23(31)26-22-17-7-3-4-8-18(17)25-24(32)29(20)22/h3-9,20H,10-14H2,1-2H3,(H,26,31). The fraction of sp³-hybridized carbons (Fsp3) is 0.333. The molecule has 3 aromatic rings. The molecule has 7 nitrogen and oxygen atoms in total.